The van der Waals surface area contributed by atoms with Crippen molar-refractivity contribution in [1.82, 2.24) is 5.32 Å². The molecule has 0 saturated carbocycles. The van der Waals surface area contributed by atoms with Crippen LogP contribution in [0.3, 0.4) is 0 Å². The van der Waals surface area contributed by atoms with Crippen LogP contribution < -0.4 is 14.9 Å². The number of rotatable bonds is 8. The van der Waals surface area contributed by atoms with Crippen LogP contribution in [0.2, 0.25) is 10.0 Å². The van der Waals surface area contributed by atoms with Crippen molar-refractivity contribution in [2.45, 2.75) is 11.4 Å². The molecule has 0 atom stereocenters. The number of urea groups is 1. The van der Waals surface area contributed by atoms with Crippen LogP contribution in [0.5, 0.6) is 0 Å². The van der Waals surface area contributed by atoms with Gasteiger partial charge < -0.3 is 15.4 Å². The van der Waals surface area contributed by atoms with Crippen molar-refractivity contribution >= 4 is 77.1 Å². The lowest BCUT2D eigenvalue weighted by molar-refractivity contribution is -0.113. The third-order valence-corrected chi connectivity index (χ3v) is 6.59. The predicted molar refractivity (Wildman–Crippen MR) is 144 cm³/mol. The van der Waals surface area contributed by atoms with Crippen LogP contribution in [0, 0.1) is 0 Å². The van der Waals surface area contributed by atoms with Crippen molar-refractivity contribution in [3.8, 4) is 0 Å². The van der Waals surface area contributed by atoms with Crippen molar-refractivity contribution in [1.29, 1.82) is 0 Å². The van der Waals surface area contributed by atoms with E-state index in [1.807, 2.05) is 30.3 Å². The van der Waals surface area contributed by atoms with Crippen molar-refractivity contribution < 1.29 is 19.1 Å². The molecular formula is C24H21Cl2N3O4S2. The number of carbonyl (C=O) groups is 3. The zero-order valence-electron chi connectivity index (χ0n) is 18.5. The maximum atomic E-state index is 12.5. The quantitative estimate of drug-likeness (QED) is 0.180. The first-order chi connectivity index (χ1) is 16.8. The molecule has 0 spiro atoms. The number of thioether (sulfide) groups is 1. The molecule has 0 aliphatic heterocycles. The van der Waals surface area contributed by atoms with Crippen molar-refractivity contribution in [2.24, 2.45) is 0 Å². The topological polar surface area (TPSA) is 87.7 Å². The van der Waals surface area contributed by atoms with Crippen LogP contribution in [0.1, 0.15) is 15.9 Å². The van der Waals surface area contributed by atoms with E-state index in [-0.39, 0.29) is 39.0 Å². The van der Waals surface area contributed by atoms with Gasteiger partial charge in [0.2, 0.25) is 5.91 Å². The van der Waals surface area contributed by atoms with E-state index in [4.69, 9.17) is 27.9 Å². The molecule has 0 bridgehead atoms. The van der Waals surface area contributed by atoms with Crippen LogP contribution in [-0.4, -0.2) is 30.8 Å². The van der Waals surface area contributed by atoms with Gasteiger partial charge in [-0.2, -0.15) is 0 Å². The number of methoxy groups -OCH3 is 1. The molecule has 2 N–H and O–H groups in total. The number of thiol groups is 1. The number of nitrogens with one attached hydrogen (secondary N) is 2. The number of nitrogens with zero attached hydrogens (tertiary/aromatic N) is 1. The normalized spacial score (nSPS) is 10.4. The van der Waals surface area contributed by atoms with E-state index in [1.165, 1.54) is 35.3 Å². The summed E-state index contributed by atoms with van der Waals surface area (Å²) in [7, 11) is 1.22. The summed E-state index contributed by atoms with van der Waals surface area (Å²) >= 11 is 17.7. The SMILES string of the molecule is COC(=O)c1c(Cl)cc(Cl)cc1NC(=O)CSc1ccc(N(S)C(=O)NCc2ccccc2)cc1. The monoisotopic (exact) mass is 549 g/mol. The molecule has 3 amide bonds. The number of carbonyl (C=O) groups excluding carboxylic acids is 3. The van der Waals surface area contributed by atoms with E-state index in [0.29, 0.717) is 12.2 Å². The fraction of sp³-hybridized carbons (Fsp3) is 0.125. The number of hydrogen-bond donors (Lipinski definition) is 3. The lowest BCUT2D eigenvalue weighted by Gasteiger charge is -2.17. The summed E-state index contributed by atoms with van der Waals surface area (Å²) < 4.78 is 5.94. The van der Waals surface area contributed by atoms with Crippen molar-refractivity contribution in [3.63, 3.8) is 0 Å². The number of halogens is 2. The standard InChI is InChI=1S/C24H21Cl2N3O4S2/c1-33-23(31)22-19(26)11-16(25)12-20(22)28-21(30)14-35-18-9-7-17(8-10-18)29(34)24(32)27-13-15-5-3-2-4-6-15/h2-12,34H,13-14H2,1H3,(H,27,32)(H,28,30). The lowest BCUT2D eigenvalue weighted by Crippen LogP contribution is -2.33. The first-order valence-corrected chi connectivity index (χ1v) is 12.3. The number of benzene rings is 3. The summed E-state index contributed by atoms with van der Waals surface area (Å²) in [6.45, 7) is 0.384. The highest BCUT2D eigenvalue weighted by Crippen LogP contribution is 2.30. The van der Waals surface area contributed by atoms with Gasteiger partial charge in [0.25, 0.3) is 0 Å². The van der Waals surface area contributed by atoms with Gasteiger partial charge in [-0.15, -0.1) is 11.8 Å². The van der Waals surface area contributed by atoms with E-state index in [9.17, 15) is 14.4 Å². The number of hydrogen-bond acceptors (Lipinski definition) is 6. The smallest absolute Gasteiger partial charge is 0.341 e. The second-order valence-electron chi connectivity index (χ2n) is 7.09. The predicted octanol–water partition coefficient (Wildman–Crippen LogP) is 6.07. The average molecular weight is 550 g/mol. The Kier molecular flexibility index (Phi) is 9.73. The highest BCUT2D eigenvalue weighted by Gasteiger charge is 2.19. The van der Waals surface area contributed by atoms with Crippen LogP contribution in [0.15, 0.2) is 71.6 Å². The highest BCUT2D eigenvalue weighted by atomic mass is 35.5. The highest BCUT2D eigenvalue weighted by molar-refractivity contribution is 8.00. The molecule has 0 aromatic heterocycles. The maximum absolute atomic E-state index is 12.5. The third kappa shape index (κ3) is 7.57. The molecule has 0 radical (unpaired) electrons. The zero-order valence-corrected chi connectivity index (χ0v) is 21.7. The van der Waals surface area contributed by atoms with E-state index >= 15 is 0 Å². The molecule has 182 valence electrons. The molecule has 35 heavy (non-hydrogen) atoms. The minimum atomic E-state index is -0.686. The Morgan fingerprint density at radius 2 is 1.71 bits per heavy atom. The second-order valence-corrected chi connectivity index (χ2v) is 9.38. The van der Waals surface area contributed by atoms with Crippen LogP contribution in [0.4, 0.5) is 16.2 Å². The molecule has 0 unspecified atom stereocenters. The molecule has 0 fully saturated rings. The first kappa shape index (κ1) is 26.7. The van der Waals surface area contributed by atoms with Crippen LogP contribution >= 0.6 is 47.8 Å². The van der Waals surface area contributed by atoms with E-state index in [1.54, 1.807) is 24.3 Å². The van der Waals surface area contributed by atoms with Gasteiger partial charge in [0.1, 0.15) is 5.56 Å². The molecule has 3 aromatic carbocycles. The minimum absolute atomic E-state index is 0.0284. The van der Waals surface area contributed by atoms with Gasteiger partial charge in [-0.05, 0) is 42.0 Å². The van der Waals surface area contributed by atoms with Gasteiger partial charge in [-0.1, -0.05) is 66.3 Å². The van der Waals surface area contributed by atoms with Crippen LogP contribution in [-0.2, 0) is 16.1 Å². The van der Waals surface area contributed by atoms with Gasteiger partial charge in [0.15, 0.2) is 0 Å². The molecule has 0 heterocycles. The third-order valence-electron chi connectivity index (χ3n) is 4.65. The fourth-order valence-corrected chi connectivity index (χ4v) is 4.44. The molecular weight excluding hydrogens is 529 g/mol. The van der Waals surface area contributed by atoms with Crippen molar-refractivity contribution in [2.75, 3.05) is 22.5 Å². The lowest BCUT2D eigenvalue weighted by atomic mass is 10.1. The molecule has 0 aliphatic rings. The fourth-order valence-electron chi connectivity index (χ4n) is 2.97. The molecule has 7 nitrogen and oxygen atoms in total. The Morgan fingerprint density at radius 1 is 1.03 bits per heavy atom. The molecule has 3 rings (SSSR count). The Morgan fingerprint density at radius 3 is 2.37 bits per heavy atom. The summed E-state index contributed by atoms with van der Waals surface area (Å²) in [5.41, 5.74) is 1.75. The minimum Gasteiger partial charge on any atom is -0.465 e. The summed E-state index contributed by atoms with van der Waals surface area (Å²) in [5.74, 6) is -0.986. The summed E-state index contributed by atoms with van der Waals surface area (Å²) in [6.07, 6.45) is 0. The Bertz CT molecular complexity index is 1210. The Hall–Kier alpha value is -2.85. The van der Waals surface area contributed by atoms with Gasteiger partial charge in [0, 0.05) is 16.5 Å². The first-order valence-electron chi connectivity index (χ1n) is 10.2. The van der Waals surface area contributed by atoms with Gasteiger partial charge >= 0.3 is 12.0 Å². The van der Waals surface area contributed by atoms with E-state index in [0.717, 1.165) is 10.5 Å². The maximum Gasteiger partial charge on any atom is 0.341 e. The van der Waals surface area contributed by atoms with E-state index < -0.39 is 5.97 Å². The summed E-state index contributed by atoms with van der Waals surface area (Å²) in [6, 6.07) is 19.0. The summed E-state index contributed by atoms with van der Waals surface area (Å²) in [4.78, 5) is 37.7. The number of anilines is 2. The molecule has 11 heteroatoms. The van der Waals surface area contributed by atoms with Gasteiger partial charge in [-0.3, -0.25) is 4.79 Å². The average Bonchev–Trinajstić information content (AvgIpc) is 2.86. The number of amides is 3. The Balaban J connectivity index is 1.55. The van der Waals surface area contributed by atoms with Crippen molar-refractivity contribution in [3.05, 3.63) is 87.9 Å². The molecule has 0 saturated heterocycles. The Labute approximate surface area is 222 Å². The molecule has 3 aromatic rings. The van der Waals surface area contributed by atoms with Gasteiger partial charge in [-0.25, -0.2) is 13.9 Å². The van der Waals surface area contributed by atoms with Crippen LogP contribution in [0.25, 0.3) is 0 Å². The largest absolute Gasteiger partial charge is 0.465 e. The summed E-state index contributed by atoms with van der Waals surface area (Å²) in [5, 5.41) is 5.79. The number of esters is 1. The number of ether oxygens (including phenoxy) is 1. The van der Waals surface area contributed by atoms with E-state index in [2.05, 4.69) is 23.4 Å². The molecule has 0 aliphatic carbocycles. The second kappa shape index (κ2) is 12.7. The van der Waals surface area contributed by atoms with Gasteiger partial charge in [0.05, 0.1) is 29.3 Å². The zero-order chi connectivity index (χ0) is 25.4.